The summed E-state index contributed by atoms with van der Waals surface area (Å²) in [6, 6.07) is 0. The predicted octanol–water partition coefficient (Wildman–Crippen LogP) is 1.24. The minimum atomic E-state index is -0.801. The largest absolute Gasteiger partial charge is 0.481 e. The molecule has 0 aliphatic rings. The average Bonchev–Trinajstić information content (AvgIpc) is 2.25. The second-order valence-corrected chi connectivity index (χ2v) is 5.10. The first-order valence-corrected chi connectivity index (χ1v) is 6.58. The maximum atomic E-state index is 11.5. The Bertz CT molecular complexity index is 255. The molecule has 1 unspecified atom stereocenters. The van der Waals surface area contributed by atoms with E-state index in [1.54, 1.807) is 0 Å². The van der Waals surface area contributed by atoms with Gasteiger partial charge in [0.1, 0.15) is 0 Å². The predicted molar refractivity (Wildman–Crippen MR) is 71.4 cm³/mol. The van der Waals surface area contributed by atoms with Crippen molar-refractivity contribution in [2.75, 3.05) is 20.1 Å². The number of amides is 1. The number of carboxylic acid groups (broad SMARTS) is 1. The monoisotopic (exact) mass is 258 g/mol. The number of carboxylic acids is 1. The van der Waals surface area contributed by atoms with Crippen molar-refractivity contribution in [2.24, 2.45) is 11.8 Å². The summed E-state index contributed by atoms with van der Waals surface area (Å²) in [5, 5.41) is 14.6. The van der Waals surface area contributed by atoms with Crippen LogP contribution in [0, 0.1) is 11.8 Å². The molecule has 0 fully saturated rings. The molecule has 0 saturated carbocycles. The van der Waals surface area contributed by atoms with Gasteiger partial charge in [-0.15, -0.1) is 0 Å². The van der Waals surface area contributed by atoms with Crippen molar-refractivity contribution < 1.29 is 14.7 Å². The van der Waals surface area contributed by atoms with Gasteiger partial charge in [-0.1, -0.05) is 13.8 Å². The molecule has 0 rings (SSSR count). The van der Waals surface area contributed by atoms with E-state index >= 15 is 0 Å². The first-order chi connectivity index (χ1) is 8.45. The van der Waals surface area contributed by atoms with Crippen LogP contribution < -0.4 is 10.6 Å². The third-order valence-electron chi connectivity index (χ3n) is 2.69. The molecule has 3 N–H and O–H groups in total. The molecule has 18 heavy (non-hydrogen) atoms. The number of rotatable bonds is 10. The zero-order chi connectivity index (χ0) is 14.0. The molecule has 0 aromatic heterocycles. The van der Waals surface area contributed by atoms with Crippen LogP contribution in [-0.4, -0.2) is 37.1 Å². The molecule has 0 aromatic rings. The average molecular weight is 258 g/mol. The summed E-state index contributed by atoms with van der Waals surface area (Å²) in [7, 11) is 1.85. The summed E-state index contributed by atoms with van der Waals surface area (Å²) in [4.78, 5) is 22.2. The van der Waals surface area contributed by atoms with Gasteiger partial charge < -0.3 is 15.7 Å². The van der Waals surface area contributed by atoms with E-state index in [4.69, 9.17) is 5.11 Å². The zero-order valence-electron chi connectivity index (χ0n) is 11.7. The highest BCUT2D eigenvalue weighted by Crippen LogP contribution is 2.14. The van der Waals surface area contributed by atoms with Crippen molar-refractivity contribution in [1.29, 1.82) is 0 Å². The Morgan fingerprint density at radius 1 is 1.28 bits per heavy atom. The number of aliphatic carboxylic acids is 1. The summed E-state index contributed by atoms with van der Waals surface area (Å²) < 4.78 is 0. The fourth-order valence-electron chi connectivity index (χ4n) is 1.92. The van der Waals surface area contributed by atoms with Gasteiger partial charge in [-0.2, -0.15) is 0 Å². The van der Waals surface area contributed by atoms with Crippen molar-refractivity contribution in [3.8, 4) is 0 Å². The minimum absolute atomic E-state index is 0.00407. The smallest absolute Gasteiger partial charge is 0.303 e. The van der Waals surface area contributed by atoms with Crippen molar-refractivity contribution in [3.63, 3.8) is 0 Å². The SMILES string of the molecule is CNCCCC(=O)NCC(CC(=O)O)CC(C)C. The summed E-state index contributed by atoms with van der Waals surface area (Å²) in [5.74, 6) is -0.333. The van der Waals surface area contributed by atoms with Crippen LogP contribution in [0.3, 0.4) is 0 Å². The highest BCUT2D eigenvalue weighted by atomic mass is 16.4. The number of carbonyl (C=O) groups is 2. The Kier molecular flexibility index (Phi) is 9.28. The fourth-order valence-corrected chi connectivity index (χ4v) is 1.92. The Labute approximate surface area is 109 Å². The van der Waals surface area contributed by atoms with Crippen LogP contribution in [0.4, 0.5) is 0 Å². The van der Waals surface area contributed by atoms with Crippen molar-refractivity contribution >= 4 is 11.9 Å². The number of hydrogen-bond donors (Lipinski definition) is 3. The third-order valence-corrected chi connectivity index (χ3v) is 2.69. The van der Waals surface area contributed by atoms with E-state index in [1.807, 2.05) is 7.05 Å². The highest BCUT2D eigenvalue weighted by molar-refractivity contribution is 5.76. The number of nitrogens with one attached hydrogen (secondary N) is 2. The second-order valence-electron chi connectivity index (χ2n) is 5.10. The molecule has 0 aliphatic carbocycles. The Morgan fingerprint density at radius 3 is 2.44 bits per heavy atom. The van der Waals surface area contributed by atoms with Crippen LogP contribution in [-0.2, 0) is 9.59 Å². The lowest BCUT2D eigenvalue weighted by Crippen LogP contribution is -2.31. The molecule has 0 aromatic carbocycles. The van der Waals surface area contributed by atoms with Gasteiger partial charge in [-0.3, -0.25) is 9.59 Å². The maximum absolute atomic E-state index is 11.5. The standard InChI is InChI=1S/C13H26N2O3/c1-10(2)7-11(8-13(17)18)9-15-12(16)5-4-6-14-3/h10-11,14H,4-9H2,1-3H3,(H,15,16)(H,17,18). The van der Waals surface area contributed by atoms with Crippen LogP contribution in [0.25, 0.3) is 0 Å². The lowest BCUT2D eigenvalue weighted by atomic mass is 9.94. The molecule has 0 saturated heterocycles. The molecule has 1 atom stereocenters. The van der Waals surface area contributed by atoms with Crippen LogP contribution in [0.5, 0.6) is 0 Å². The molecule has 5 nitrogen and oxygen atoms in total. The van der Waals surface area contributed by atoms with Crippen molar-refractivity contribution in [3.05, 3.63) is 0 Å². The van der Waals surface area contributed by atoms with Gasteiger partial charge in [0, 0.05) is 19.4 Å². The van der Waals surface area contributed by atoms with Gasteiger partial charge >= 0.3 is 5.97 Å². The first-order valence-electron chi connectivity index (χ1n) is 6.58. The molecular formula is C13H26N2O3. The van der Waals surface area contributed by atoms with Crippen LogP contribution in [0.1, 0.15) is 39.5 Å². The van der Waals surface area contributed by atoms with Gasteiger partial charge in [0.15, 0.2) is 0 Å². The Balaban J connectivity index is 3.93. The van der Waals surface area contributed by atoms with Gasteiger partial charge in [0.25, 0.3) is 0 Å². The van der Waals surface area contributed by atoms with E-state index < -0.39 is 5.97 Å². The quantitative estimate of drug-likeness (QED) is 0.515. The highest BCUT2D eigenvalue weighted by Gasteiger charge is 2.15. The van der Waals surface area contributed by atoms with Gasteiger partial charge in [0.05, 0.1) is 0 Å². The summed E-state index contributed by atoms with van der Waals surface area (Å²) in [6.45, 7) is 5.40. The van der Waals surface area contributed by atoms with Gasteiger partial charge in [-0.05, 0) is 38.3 Å². The molecule has 0 radical (unpaired) electrons. The molecule has 5 heteroatoms. The van der Waals surface area contributed by atoms with Crippen LogP contribution in [0.15, 0.2) is 0 Å². The van der Waals surface area contributed by atoms with E-state index in [0.717, 1.165) is 19.4 Å². The van der Waals surface area contributed by atoms with E-state index in [9.17, 15) is 9.59 Å². The summed E-state index contributed by atoms with van der Waals surface area (Å²) >= 11 is 0. The Morgan fingerprint density at radius 2 is 1.94 bits per heavy atom. The maximum Gasteiger partial charge on any atom is 0.303 e. The lowest BCUT2D eigenvalue weighted by molar-refractivity contribution is -0.138. The topological polar surface area (TPSA) is 78.4 Å². The molecule has 1 amide bonds. The molecule has 106 valence electrons. The molecule has 0 heterocycles. The Hall–Kier alpha value is -1.10. The third kappa shape index (κ3) is 10.1. The van der Waals surface area contributed by atoms with Crippen LogP contribution >= 0.6 is 0 Å². The van der Waals surface area contributed by atoms with E-state index in [0.29, 0.717) is 18.9 Å². The van der Waals surface area contributed by atoms with Crippen molar-refractivity contribution in [1.82, 2.24) is 10.6 Å². The first kappa shape index (κ1) is 16.9. The minimum Gasteiger partial charge on any atom is -0.481 e. The summed E-state index contributed by atoms with van der Waals surface area (Å²) in [6.07, 6.45) is 2.23. The molecule has 0 spiro atoms. The lowest BCUT2D eigenvalue weighted by Gasteiger charge is -2.17. The van der Waals surface area contributed by atoms with E-state index in [2.05, 4.69) is 24.5 Å². The van der Waals surface area contributed by atoms with E-state index in [-0.39, 0.29) is 18.2 Å². The van der Waals surface area contributed by atoms with Gasteiger partial charge in [-0.25, -0.2) is 0 Å². The molecule has 0 bridgehead atoms. The van der Waals surface area contributed by atoms with Gasteiger partial charge in [0.2, 0.25) is 5.91 Å². The normalized spacial score (nSPS) is 12.4. The fraction of sp³-hybridized carbons (Fsp3) is 0.846. The molecule has 0 aliphatic heterocycles. The number of carbonyl (C=O) groups excluding carboxylic acids is 1. The second kappa shape index (κ2) is 9.88. The summed E-state index contributed by atoms with van der Waals surface area (Å²) in [5.41, 5.74) is 0. The number of hydrogen-bond acceptors (Lipinski definition) is 3. The molecular weight excluding hydrogens is 232 g/mol. The zero-order valence-corrected chi connectivity index (χ0v) is 11.7. The van der Waals surface area contributed by atoms with Crippen LogP contribution in [0.2, 0.25) is 0 Å². The van der Waals surface area contributed by atoms with E-state index in [1.165, 1.54) is 0 Å². The van der Waals surface area contributed by atoms with Crippen molar-refractivity contribution in [2.45, 2.75) is 39.5 Å².